The lowest BCUT2D eigenvalue weighted by molar-refractivity contribution is -0.179. The normalized spacial score (nSPS) is 33.2. The summed E-state index contributed by atoms with van der Waals surface area (Å²) in [6.07, 6.45) is 4.88. The summed E-state index contributed by atoms with van der Waals surface area (Å²) in [6.45, 7) is 3.04. The molecule has 4 bridgehead atoms. The van der Waals surface area contributed by atoms with Crippen LogP contribution in [0.15, 0.2) is 24.3 Å². The van der Waals surface area contributed by atoms with E-state index in [0.717, 1.165) is 25.7 Å². The Hall–Kier alpha value is -2.21. The third-order valence-electron chi connectivity index (χ3n) is 6.91. The quantitative estimate of drug-likeness (QED) is 0.564. The van der Waals surface area contributed by atoms with Gasteiger partial charge in [-0.25, -0.2) is 0 Å². The minimum atomic E-state index is -0.910. The van der Waals surface area contributed by atoms with Crippen LogP contribution in [0.4, 0.5) is 5.69 Å². The fraction of sp³-hybridized carbons (Fsp3) is 0.609. The minimum Gasteiger partial charge on any atom is -0.453 e. The number of carbonyl (C=O) groups excluding carboxylic acids is 3. The molecule has 4 fully saturated rings. The van der Waals surface area contributed by atoms with Gasteiger partial charge in [0, 0.05) is 11.3 Å². The van der Waals surface area contributed by atoms with E-state index < -0.39 is 17.6 Å². The van der Waals surface area contributed by atoms with E-state index in [1.54, 1.807) is 31.2 Å². The van der Waals surface area contributed by atoms with Crippen molar-refractivity contribution in [1.82, 2.24) is 0 Å². The number of ketones is 1. The molecule has 156 valence electrons. The Labute approximate surface area is 171 Å². The van der Waals surface area contributed by atoms with Gasteiger partial charge in [0.1, 0.15) is 0 Å². The predicted molar refractivity (Wildman–Crippen MR) is 107 cm³/mol. The number of anilines is 1. The third-order valence-corrected chi connectivity index (χ3v) is 6.91. The number of Topliss-reactive ketones (excluding diaryl/α,β-unsaturated/α-hetero) is 1. The monoisotopic (exact) mass is 399 g/mol. The molecule has 2 unspecified atom stereocenters. The van der Waals surface area contributed by atoms with Crippen molar-refractivity contribution in [3.05, 3.63) is 29.8 Å². The molecule has 4 saturated carbocycles. The zero-order valence-corrected chi connectivity index (χ0v) is 17.1. The first-order valence-corrected chi connectivity index (χ1v) is 10.5. The summed E-state index contributed by atoms with van der Waals surface area (Å²) in [6, 6.07) is 6.59. The first-order valence-electron chi connectivity index (χ1n) is 10.5. The number of carbonyl (C=O) groups is 3. The van der Waals surface area contributed by atoms with Crippen LogP contribution in [0, 0.1) is 17.3 Å². The smallest absolute Gasteiger partial charge is 0.307 e. The average molecular weight is 399 g/mol. The fourth-order valence-corrected chi connectivity index (χ4v) is 6.24. The predicted octanol–water partition coefficient (Wildman–Crippen LogP) is 3.48. The molecule has 6 heteroatoms. The molecule has 1 aromatic rings. The number of aliphatic hydroxyl groups is 1. The number of amides is 1. The van der Waals surface area contributed by atoms with E-state index in [0.29, 0.717) is 29.5 Å². The number of ether oxygens (including phenoxy) is 1. The lowest BCUT2D eigenvalue weighted by atomic mass is 9.47. The molecule has 0 radical (unpaired) electrons. The summed E-state index contributed by atoms with van der Waals surface area (Å²) in [5.41, 5.74) is 0.333. The summed E-state index contributed by atoms with van der Waals surface area (Å²) < 4.78 is 5.43. The van der Waals surface area contributed by atoms with Crippen LogP contribution < -0.4 is 5.32 Å². The van der Waals surface area contributed by atoms with E-state index in [-0.39, 0.29) is 23.6 Å². The van der Waals surface area contributed by atoms with Gasteiger partial charge in [-0.2, -0.15) is 0 Å². The highest BCUT2D eigenvalue weighted by Gasteiger charge is 2.57. The Bertz CT molecular complexity index is 816. The topological polar surface area (TPSA) is 92.7 Å². The van der Waals surface area contributed by atoms with Crippen molar-refractivity contribution in [2.24, 2.45) is 17.3 Å². The standard InChI is InChI=1S/C23H29NO5/c1-14(25)18-3-5-19(6-4-18)24-21(27)15(2)29-20(26)12-22-8-16-7-17(9-22)11-23(28,10-16)13-22/h3-6,15-17,28H,7-13H2,1-2H3,(H,24,27)/t15-,16-,17+,22?,23?/m1/s1. The van der Waals surface area contributed by atoms with Gasteiger partial charge in [-0.3, -0.25) is 14.4 Å². The Morgan fingerprint density at radius 3 is 2.31 bits per heavy atom. The van der Waals surface area contributed by atoms with E-state index >= 15 is 0 Å². The molecule has 0 heterocycles. The highest BCUT2D eigenvalue weighted by molar-refractivity contribution is 5.97. The van der Waals surface area contributed by atoms with Gasteiger partial charge in [0.2, 0.25) is 0 Å². The van der Waals surface area contributed by atoms with Crippen molar-refractivity contribution >= 4 is 23.3 Å². The summed E-state index contributed by atoms with van der Waals surface area (Å²) in [5, 5.41) is 13.5. The van der Waals surface area contributed by atoms with Crippen LogP contribution in [0.5, 0.6) is 0 Å². The SMILES string of the molecule is CC(=O)c1ccc(NC(=O)[C@@H](C)OC(=O)CC23C[C@@H]4C[C@@H](CC(O)(C4)C2)C3)cc1. The summed E-state index contributed by atoms with van der Waals surface area (Å²) in [7, 11) is 0. The van der Waals surface area contributed by atoms with Gasteiger partial charge in [-0.1, -0.05) is 0 Å². The van der Waals surface area contributed by atoms with Crippen LogP contribution in [0.1, 0.15) is 69.2 Å². The number of rotatable bonds is 6. The van der Waals surface area contributed by atoms with Crippen molar-refractivity contribution in [1.29, 1.82) is 0 Å². The molecule has 0 spiro atoms. The van der Waals surface area contributed by atoms with E-state index in [1.165, 1.54) is 13.3 Å². The second-order valence-corrected chi connectivity index (χ2v) is 9.62. The number of esters is 1. The molecule has 1 aromatic carbocycles. The molecule has 4 aliphatic carbocycles. The largest absolute Gasteiger partial charge is 0.453 e. The molecule has 5 rings (SSSR count). The molecule has 1 amide bonds. The van der Waals surface area contributed by atoms with Crippen LogP contribution in [0.2, 0.25) is 0 Å². The van der Waals surface area contributed by atoms with E-state index in [1.807, 2.05) is 0 Å². The molecular formula is C23H29NO5. The van der Waals surface area contributed by atoms with Crippen LogP contribution in [0.25, 0.3) is 0 Å². The average Bonchev–Trinajstić information content (AvgIpc) is 2.59. The Kier molecular flexibility index (Phi) is 5.01. The van der Waals surface area contributed by atoms with Gasteiger partial charge in [-0.15, -0.1) is 0 Å². The van der Waals surface area contributed by atoms with Crippen LogP contribution in [-0.4, -0.2) is 34.5 Å². The first kappa shape index (κ1) is 20.1. The second-order valence-electron chi connectivity index (χ2n) is 9.62. The van der Waals surface area contributed by atoms with Gasteiger partial charge in [0.15, 0.2) is 11.9 Å². The highest BCUT2D eigenvalue weighted by atomic mass is 16.5. The number of benzene rings is 1. The van der Waals surface area contributed by atoms with Gasteiger partial charge in [-0.05, 0) is 93.9 Å². The van der Waals surface area contributed by atoms with Crippen LogP contribution >= 0.6 is 0 Å². The van der Waals surface area contributed by atoms with Crippen LogP contribution in [0.3, 0.4) is 0 Å². The molecule has 4 aliphatic rings. The van der Waals surface area contributed by atoms with Gasteiger partial charge >= 0.3 is 5.97 Å². The van der Waals surface area contributed by atoms with Crippen molar-refractivity contribution in [3.8, 4) is 0 Å². The molecule has 0 aliphatic heterocycles. The molecule has 29 heavy (non-hydrogen) atoms. The van der Waals surface area contributed by atoms with Crippen molar-refractivity contribution in [2.75, 3.05) is 5.32 Å². The second kappa shape index (κ2) is 7.24. The van der Waals surface area contributed by atoms with Crippen molar-refractivity contribution in [2.45, 2.75) is 70.5 Å². The third kappa shape index (κ3) is 4.22. The maximum Gasteiger partial charge on any atom is 0.307 e. The molecule has 2 N–H and O–H groups in total. The molecular weight excluding hydrogens is 370 g/mol. The molecule has 0 aromatic heterocycles. The maximum atomic E-state index is 12.6. The molecule has 0 saturated heterocycles. The van der Waals surface area contributed by atoms with E-state index in [9.17, 15) is 19.5 Å². The minimum absolute atomic E-state index is 0.0421. The number of hydrogen-bond donors (Lipinski definition) is 2. The fourth-order valence-electron chi connectivity index (χ4n) is 6.24. The van der Waals surface area contributed by atoms with Crippen molar-refractivity contribution in [3.63, 3.8) is 0 Å². The maximum absolute atomic E-state index is 12.6. The lowest BCUT2D eigenvalue weighted by Gasteiger charge is -2.60. The van der Waals surface area contributed by atoms with Gasteiger partial charge in [0.25, 0.3) is 5.91 Å². The van der Waals surface area contributed by atoms with Gasteiger partial charge in [0.05, 0.1) is 12.0 Å². The molecule has 5 atom stereocenters. The number of hydrogen-bond acceptors (Lipinski definition) is 5. The lowest BCUT2D eigenvalue weighted by Crippen LogP contribution is -2.56. The summed E-state index contributed by atoms with van der Waals surface area (Å²) >= 11 is 0. The van der Waals surface area contributed by atoms with Crippen LogP contribution in [-0.2, 0) is 14.3 Å². The Balaban J connectivity index is 1.32. The zero-order chi connectivity index (χ0) is 20.8. The Morgan fingerprint density at radius 1 is 1.14 bits per heavy atom. The highest BCUT2D eigenvalue weighted by Crippen LogP contribution is 2.62. The number of nitrogens with one attached hydrogen (secondary N) is 1. The molecule has 6 nitrogen and oxygen atoms in total. The first-order chi connectivity index (χ1) is 13.7. The van der Waals surface area contributed by atoms with E-state index in [2.05, 4.69) is 5.32 Å². The summed E-state index contributed by atoms with van der Waals surface area (Å²) in [5.74, 6) is 0.197. The van der Waals surface area contributed by atoms with Crippen molar-refractivity contribution < 1.29 is 24.2 Å². The van der Waals surface area contributed by atoms with E-state index in [4.69, 9.17) is 4.74 Å². The van der Waals surface area contributed by atoms with Gasteiger partial charge < -0.3 is 15.2 Å². The Morgan fingerprint density at radius 2 is 1.76 bits per heavy atom. The summed E-state index contributed by atoms with van der Waals surface area (Å²) in [4.78, 5) is 36.3. The zero-order valence-electron chi connectivity index (χ0n) is 17.1.